The summed E-state index contributed by atoms with van der Waals surface area (Å²) in [4.78, 5) is 0. The van der Waals surface area contributed by atoms with Gasteiger partial charge in [0.05, 0.1) is 0 Å². The van der Waals surface area contributed by atoms with Gasteiger partial charge in [0, 0.05) is 0 Å². The van der Waals surface area contributed by atoms with Crippen LogP contribution in [0, 0.1) is 0 Å². The summed E-state index contributed by atoms with van der Waals surface area (Å²) in [5, 5.41) is 0. The van der Waals surface area contributed by atoms with E-state index in [2.05, 4.69) is 13.8 Å². The van der Waals surface area contributed by atoms with Crippen LogP contribution in [0.5, 0.6) is 0 Å². The Labute approximate surface area is 53.8 Å². The summed E-state index contributed by atoms with van der Waals surface area (Å²) < 4.78 is 0. The predicted octanol–water partition coefficient (Wildman–Crippen LogP) is 2.89. The lowest BCUT2D eigenvalue weighted by atomic mass is 10.1. The molecule has 1 heterocycles. The zero-order chi connectivity index (χ0) is 5.98. The Morgan fingerprint density at radius 1 is 1.12 bits per heavy atom. The molecule has 0 aliphatic carbocycles. The van der Waals surface area contributed by atoms with Gasteiger partial charge in [-0.15, -0.1) is 0 Å². The maximum atomic E-state index is 2.36. The Bertz CT molecular complexity index is 62.8. The van der Waals surface area contributed by atoms with E-state index in [1.54, 1.807) is 8.58 Å². The molecule has 2 unspecified atom stereocenters. The number of hydrogen-bond donors (Lipinski definition) is 0. The molecule has 0 amide bonds. The standard InChI is InChI=1S/C7H14P/c1-6-4-3-5-7(2)8-6/h6-7H,3-5H2,1-2H3. The molecule has 0 bridgehead atoms. The number of hydrogen-bond acceptors (Lipinski definition) is 0. The maximum Gasteiger partial charge on any atom is -0.0196 e. The Hall–Kier alpha value is 0.430. The van der Waals surface area contributed by atoms with E-state index >= 15 is 0 Å². The summed E-state index contributed by atoms with van der Waals surface area (Å²) in [7, 11) is 1.70. The lowest BCUT2D eigenvalue weighted by Gasteiger charge is -2.22. The van der Waals surface area contributed by atoms with Gasteiger partial charge in [0.25, 0.3) is 0 Å². The van der Waals surface area contributed by atoms with E-state index in [0.717, 1.165) is 11.3 Å². The molecule has 0 nitrogen and oxygen atoms in total. The smallest absolute Gasteiger partial charge is 0.0196 e. The highest BCUT2D eigenvalue weighted by molar-refractivity contribution is 7.39. The van der Waals surface area contributed by atoms with Crippen molar-refractivity contribution >= 4 is 8.58 Å². The monoisotopic (exact) mass is 129 g/mol. The van der Waals surface area contributed by atoms with E-state index in [1.807, 2.05) is 0 Å². The molecule has 1 fully saturated rings. The largest absolute Gasteiger partial charge is 0.0747 e. The summed E-state index contributed by atoms with van der Waals surface area (Å²) in [5.41, 5.74) is 1.97. The first-order valence-electron chi connectivity index (χ1n) is 3.49. The molecule has 0 N–H and O–H groups in total. The van der Waals surface area contributed by atoms with Gasteiger partial charge in [-0.05, 0) is 24.2 Å². The Morgan fingerprint density at radius 2 is 1.62 bits per heavy atom. The van der Waals surface area contributed by atoms with E-state index in [4.69, 9.17) is 0 Å². The molecule has 1 rings (SSSR count). The van der Waals surface area contributed by atoms with Crippen LogP contribution in [-0.2, 0) is 0 Å². The molecule has 0 aromatic carbocycles. The van der Waals surface area contributed by atoms with Gasteiger partial charge in [0.15, 0.2) is 0 Å². The lowest BCUT2D eigenvalue weighted by molar-refractivity contribution is 0.633. The SMILES string of the molecule is CC1CCCC(C)[P]1. The molecular formula is C7H14P. The zero-order valence-electron chi connectivity index (χ0n) is 5.72. The van der Waals surface area contributed by atoms with E-state index in [1.165, 1.54) is 19.3 Å². The first-order valence-corrected chi connectivity index (χ1v) is 4.52. The summed E-state index contributed by atoms with van der Waals surface area (Å²) in [6.07, 6.45) is 4.40. The molecule has 0 aromatic heterocycles. The summed E-state index contributed by atoms with van der Waals surface area (Å²) in [6, 6.07) is 0. The fourth-order valence-electron chi connectivity index (χ4n) is 1.29. The molecule has 0 spiro atoms. The van der Waals surface area contributed by atoms with Crippen molar-refractivity contribution in [3.8, 4) is 0 Å². The van der Waals surface area contributed by atoms with Crippen molar-refractivity contribution in [2.75, 3.05) is 0 Å². The molecule has 2 atom stereocenters. The van der Waals surface area contributed by atoms with Gasteiger partial charge in [-0.2, -0.15) is 0 Å². The van der Waals surface area contributed by atoms with Crippen LogP contribution in [0.3, 0.4) is 0 Å². The van der Waals surface area contributed by atoms with Gasteiger partial charge < -0.3 is 0 Å². The van der Waals surface area contributed by atoms with Crippen LogP contribution in [0.4, 0.5) is 0 Å². The van der Waals surface area contributed by atoms with Crippen molar-refractivity contribution in [1.29, 1.82) is 0 Å². The average Bonchev–Trinajstić information content (AvgIpc) is 1.64. The molecule has 8 heavy (non-hydrogen) atoms. The highest BCUT2D eigenvalue weighted by Crippen LogP contribution is 2.36. The van der Waals surface area contributed by atoms with Gasteiger partial charge in [0.1, 0.15) is 0 Å². The third kappa shape index (κ3) is 1.74. The summed E-state index contributed by atoms with van der Waals surface area (Å²) >= 11 is 0. The second kappa shape index (κ2) is 2.82. The number of rotatable bonds is 0. The zero-order valence-corrected chi connectivity index (χ0v) is 6.62. The minimum atomic E-state index is 0.985. The van der Waals surface area contributed by atoms with Crippen LogP contribution in [0.2, 0.25) is 0 Å². The van der Waals surface area contributed by atoms with Crippen LogP contribution in [-0.4, -0.2) is 11.3 Å². The first kappa shape index (κ1) is 6.55. The lowest BCUT2D eigenvalue weighted by Crippen LogP contribution is -2.08. The Morgan fingerprint density at radius 3 is 1.88 bits per heavy atom. The molecule has 1 radical (unpaired) electrons. The maximum absolute atomic E-state index is 2.36. The third-order valence-electron chi connectivity index (χ3n) is 1.75. The van der Waals surface area contributed by atoms with Crippen molar-refractivity contribution < 1.29 is 0 Å². The second-order valence-electron chi connectivity index (χ2n) is 2.78. The van der Waals surface area contributed by atoms with Crippen molar-refractivity contribution in [1.82, 2.24) is 0 Å². The van der Waals surface area contributed by atoms with Crippen molar-refractivity contribution in [3.63, 3.8) is 0 Å². The fraction of sp³-hybridized carbons (Fsp3) is 1.00. The summed E-state index contributed by atoms with van der Waals surface area (Å²) in [5.74, 6) is 0. The average molecular weight is 129 g/mol. The normalized spacial score (nSPS) is 42.8. The molecule has 0 aromatic rings. The highest BCUT2D eigenvalue weighted by Gasteiger charge is 2.14. The van der Waals surface area contributed by atoms with Crippen molar-refractivity contribution in [2.45, 2.75) is 44.4 Å². The molecular weight excluding hydrogens is 115 g/mol. The minimum absolute atomic E-state index is 0.985. The van der Waals surface area contributed by atoms with E-state index < -0.39 is 0 Å². The second-order valence-corrected chi connectivity index (χ2v) is 4.84. The molecule has 1 heteroatoms. The molecule has 1 saturated heterocycles. The highest BCUT2D eigenvalue weighted by atomic mass is 31.1. The van der Waals surface area contributed by atoms with Gasteiger partial charge in [-0.3, -0.25) is 0 Å². The fourth-order valence-corrected chi connectivity index (χ4v) is 2.82. The van der Waals surface area contributed by atoms with Crippen LogP contribution in [0.25, 0.3) is 0 Å². The van der Waals surface area contributed by atoms with Gasteiger partial charge in [0.2, 0.25) is 0 Å². The summed E-state index contributed by atoms with van der Waals surface area (Å²) in [6.45, 7) is 4.72. The first-order chi connectivity index (χ1) is 3.79. The van der Waals surface area contributed by atoms with Crippen molar-refractivity contribution in [3.05, 3.63) is 0 Å². The van der Waals surface area contributed by atoms with Gasteiger partial charge in [-0.25, -0.2) is 0 Å². The topological polar surface area (TPSA) is 0 Å². The quantitative estimate of drug-likeness (QED) is 0.441. The molecule has 0 saturated carbocycles. The van der Waals surface area contributed by atoms with Crippen LogP contribution < -0.4 is 0 Å². The van der Waals surface area contributed by atoms with E-state index in [-0.39, 0.29) is 0 Å². The van der Waals surface area contributed by atoms with Crippen molar-refractivity contribution in [2.24, 2.45) is 0 Å². The minimum Gasteiger partial charge on any atom is -0.0747 e. The third-order valence-corrected chi connectivity index (χ3v) is 3.29. The van der Waals surface area contributed by atoms with Crippen LogP contribution >= 0.6 is 8.58 Å². The molecule has 47 valence electrons. The molecule has 1 aliphatic rings. The Kier molecular flexibility index (Phi) is 2.31. The predicted molar refractivity (Wildman–Crippen MR) is 39.7 cm³/mol. The van der Waals surface area contributed by atoms with Gasteiger partial charge in [-0.1, -0.05) is 28.8 Å². The Balaban J connectivity index is 2.23. The van der Waals surface area contributed by atoms with Crippen LogP contribution in [0.15, 0.2) is 0 Å². The van der Waals surface area contributed by atoms with Crippen LogP contribution in [0.1, 0.15) is 33.1 Å². The van der Waals surface area contributed by atoms with E-state index in [0.29, 0.717) is 0 Å². The van der Waals surface area contributed by atoms with Gasteiger partial charge >= 0.3 is 0 Å². The molecule has 1 aliphatic heterocycles. The van der Waals surface area contributed by atoms with E-state index in [9.17, 15) is 0 Å².